The molecule has 0 aliphatic heterocycles. The van der Waals surface area contributed by atoms with E-state index in [2.05, 4.69) is 48.4 Å². The van der Waals surface area contributed by atoms with E-state index in [4.69, 9.17) is 4.74 Å². The Bertz CT molecular complexity index is 963. The maximum atomic E-state index is 12.1. The number of ether oxygens (including phenoxy) is 1. The lowest BCUT2D eigenvalue weighted by Crippen LogP contribution is -2.24. The van der Waals surface area contributed by atoms with Gasteiger partial charge >= 0.3 is 0 Å². The van der Waals surface area contributed by atoms with Crippen LogP contribution in [-0.2, 0) is 30.4 Å². The van der Waals surface area contributed by atoms with Crippen LogP contribution >= 0.6 is 11.8 Å². The van der Waals surface area contributed by atoms with Crippen LogP contribution in [0.25, 0.3) is 0 Å². The number of nitrogens with zero attached hydrogens (tertiary/aromatic N) is 3. The van der Waals surface area contributed by atoms with Gasteiger partial charge < -0.3 is 14.6 Å². The second-order valence-corrected chi connectivity index (χ2v) is 9.01. The van der Waals surface area contributed by atoms with E-state index in [9.17, 15) is 4.79 Å². The summed E-state index contributed by atoms with van der Waals surface area (Å²) in [6.45, 7) is 7.39. The number of aromatic nitrogens is 3. The van der Waals surface area contributed by atoms with Crippen LogP contribution in [0.4, 0.5) is 0 Å². The van der Waals surface area contributed by atoms with Crippen molar-refractivity contribution in [1.82, 2.24) is 20.1 Å². The molecule has 3 rings (SSSR count). The Hall–Kier alpha value is -2.80. The van der Waals surface area contributed by atoms with Crippen molar-refractivity contribution in [3.8, 4) is 5.75 Å². The zero-order chi connectivity index (χ0) is 21.6. The highest BCUT2D eigenvalue weighted by Gasteiger charge is 2.14. The number of thioether (sulfide) groups is 1. The molecule has 0 spiro atoms. The fourth-order valence-electron chi connectivity index (χ4n) is 2.77. The topological polar surface area (TPSA) is 69.0 Å². The number of hydrogen-bond acceptors (Lipinski definition) is 5. The fraction of sp³-hybridized carbons (Fsp3) is 0.348. The minimum absolute atomic E-state index is 0.0383. The molecule has 0 saturated carbocycles. The van der Waals surface area contributed by atoms with E-state index >= 15 is 0 Å². The van der Waals surface area contributed by atoms with Crippen LogP contribution in [0, 0.1) is 0 Å². The van der Waals surface area contributed by atoms with Crippen molar-refractivity contribution in [3.05, 3.63) is 71.5 Å². The van der Waals surface area contributed by atoms with Crippen molar-refractivity contribution in [3.63, 3.8) is 0 Å². The van der Waals surface area contributed by atoms with Gasteiger partial charge in [-0.15, -0.1) is 10.2 Å². The molecule has 0 saturated heterocycles. The third-order valence-corrected chi connectivity index (χ3v) is 5.70. The summed E-state index contributed by atoms with van der Waals surface area (Å²) >= 11 is 1.36. The van der Waals surface area contributed by atoms with Crippen molar-refractivity contribution in [1.29, 1.82) is 0 Å². The number of amides is 1. The van der Waals surface area contributed by atoms with Gasteiger partial charge in [-0.2, -0.15) is 0 Å². The average molecular weight is 425 g/mol. The molecule has 0 aliphatic carbocycles. The minimum atomic E-state index is -0.0383. The van der Waals surface area contributed by atoms with Gasteiger partial charge in [-0.05, 0) is 28.7 Å². The number of nitrogens with one attached hydrogen (secondary N) is 1. The Morgan fingerprint density at radius 1 is 1.07 bits per heavy atom. The van der Waals surface area contributed by atoms with Crippen molar-refractivity contribution >= 4 is 17.7 Å². The first-order valence-electron chi connectivity index (χ1n) is 9.88. The van der Waals surface area contributed by atoms with Crippen LogP contribution in [0.5, 0.6) is 5.75 Å². The molecule has 3 aromatic rings. The molecule has 1 aromatic heterocycles. The summed E-state index contributed by atoms with van der Waals surface area (Å²) < 4.78 is 7.71. The quantitative estimate of drug-likeness (QED) is 0.552. The number of carbonyl (C=O) groups is 1. The van der Waals surface area contributed by atoms with Crippen LogP contribution in [0.1, 0.15) is 37.7 Å². The Morgan fingerprint density at radius 3 is 2.43 bits per heavy atom. The number of carbonyl (C=O) groups excluding carboxylic acids is 1. The molecule has 6 nitrogen and oxygen atoms in total. The van der Waals surface area contributed by atoms with Crippen molar-refractivity contribution in [2.24, 2.45) is 7.05 Å². The summed E-state index contributed by atoms with van der Waals surface area (Å²) in [4.78, 5) is 12.1. The van der Waals surface area contributed by atoms with Crippen LogP contribution in [0.15, 0.2) is 59.8 Å². The maximum absolute atomic E-state index is 12.1. The van der Waals surface area contributed by atoms with Crippen molar-refractivity contribution in [2.75, 3.05) is 5.75 Å². The van der Waals surface area contributed by atoms with Gasteiger partial charge in [0.05, 0.1) is 5.75 Å². The summed E-state index contributed by atoms with van der Waals surface area (Å²) in [6.07, 6.45) is 0. The Morgan fingerprint density at radius 2 is 1.77 bits per heavy atom. The zero-order valence-corrected chi connectivity index (χ0v) is 18.7. The van der Waals surface area contributed by atoms with Gasteiger partial charge in [0.25, 0.3) is 0 Å². The van der Waals surface area contributed by atoms with Gasteiger partial charge in [-0.3, -0.25) is 4.79 Å². The molecule has 7 heteroatoms. The molecular formula is C23H28N4O2S. The van der Waals surface area contributed by atoms with E-state index in [1.54, 1.807) is 0 Å². The molecular weight excluding hydrogens is 396 g/mol. The van der Waals surface area contributed by atoms with Gasteiger partial charge in [0.2, 0.25) is 5.91 Å². The number of rotatable bonds is 8. The summed E-state index contributed by atoms with van der Waals surface area (Å²) in [5, 5.41) is 12.0. The maximum Gasteiger partial charge on any atom is 0.230 e. The normalized spacial score (nSPS) is 11.3. The molecule has 30 heavy (non-hydrogen) atoms. The molecule has 1 N–H and O–H groups in total. The molecule has 0 aliphatic rings. The molecule has 1 heterocycles. The molecule has 0 fully saturated rings. The monoisotopic (exact) mass is 424 g/mol. The lowest BCUT2D eigenvalue weighted by atomic mass is 9.87. The van der Waals surface area contributed by atoms with Crippen molar-refractivity contribution in [2.45, 2.75) is 44.5 Å². The van der Waals surface area contributed by atoms with E-state index < -0.39 is 0 Å². The van der Waals surface area contributed by atoms with Crippen molar-refractivity contribution < 1.29 is 9.53 Å². The first-order valence-corrected chi connectivity index (χ1v) is 10.9. The Kier molecular flexibility index (Phi) is 7.15. The highest BCUT2D eigenvalue weighted by Crippen LogP contribution is 2.24. The second kappa shape index (κ2) is 9.80. The van der Waals surface area contributed by atoms with Gasteiger partial charge in [-0.1, -0.05) is 75.0 Å². The third kappa shape index (κ3) is 6.10. The fourth-order valence-corrected chi connectivity index (χ4v) is 3.53. The molecule has 0 unspecified atom stereocenters. The summed E-state index contributed by atoms with van der Waals surface area (Å²) in [6, 6.07) is 18.0. The third-order valence-electron chi connectivity index (χ3n) is 4.68. The Balaban J connectivity index is 1.47. The van der Waals surface area contributed by atoms with Crippen LogP contribution < -0.4 is 10.1 Å². The van der Waals surface area contributed by atoms with Crippen LogP contribution in [-0.4, -0.2) is 26.4 Å². The van der Waals surface area contributed by atoms with Gasteiger partial charge in [0.1, 0.15) is 12.4 Å². The van der Waals surface area contributed by atoms with Gasteiger partial charge in [0.15, 0.2) is 11.0 Å². The predicted octanol–water partition coefficient (Wildman–Crippen LogP) is 4.10. The lowest BCUT2D eigenvalue weighted by molar-refractivity contribution is -0.118. The predicted molar refractivity (Wildman–Crippen MR) is 119 cm³/mol. The summed E-state index contributed by atoms with van der Waals surface area (Å²) in [7, 11) is 1.88. The first-order chi connectivity index (χ1) is 14.3. The SMILES string of the molecule is Cn1c(COc2ccc(C(C)(C)C)cc2)nnc1SCC(=O)NCc1ccccc1. The molecule has 1 amide bonds. The zero-order valence-electron chi connectivity index (χ0n) is 17.9. The molecule has 2 aromatic carbocycles. The highest BCUT2D eigenvalue weighted by atomic mass is 32.2. The standard InChI is InChI=1S/C23H28N4O2S/c1-23(2,3)18-10-12-19(13-11-18)29-15-20-25-26-22(27(20)4)30-16-21(28)24-14-17-8-6-5-7-9-17/h5-13H,14-16H2,1-4H3,(H,24,28). The number of hydrogen-bond donors (Lipinski definition) is 1. The average Bonchev–Trinajstić information content (AvgIpc) is 3.09. The summed E-state index contributed by atoms with van der Waals surface area (Å²) in [5.74, 6) is 1.75. The Labute approximate surface area is 182 Å². The van der Waals surface area contributed by atoms with E-state index in [1.165, 1.54) is 17.3 Å². The van der Waals surface area contributed by atoms with E-state index in [1.807, 2.05) is 54.1 Å². The van der Waals surface area contributed by atoms with Gasteiger partial charge in [-0.25, -0.2) is 0 Å². The molecule has 0 atom stereocenters. The highest BCUT2D eigenvalue weighted by molar-refractivity contribution is 7.99. The van der Waals surface area contributed by atoms with Crippen LogP contribution in [0.3, 0.4) is 0 Å². The lowest BCUT2D eigenvalue weighted by Gasteiger charge is -2.19. The number of benzene rings is 2. The molecule has 0 bridgehead atoms. The van der Waals surface area contributed by atoms with Gasteiger partial charge in [0, 0.05) is 13.6 Å². The second-order valence-electron chi connectivity index (χ2n) is 8.07. The largest absolute Gasteiger partial charge is 0.486 e. The minimum Gasteiger partial charge on any atom is -0.486 e. The molecule has 0 radical (unpaired) electrons. The van der Waals surface area contributed by atoms with Crippen LogP contribution in [0.2, 0.25) is 0 Å². The van der Waals surface area contributed by atoms with E-state index in [0.29, 0.717) is 24.1 Å². The van der Waals surface area contributed by atoms with E-state index in [0.717, 1.165) is 11.3 Å². The summed E-state index contributed by atoms with van der Waals surface area (Å²) in [5.41, 5.74) is 2.45. The van der Waals surface area contributed by atoms with E-state index in [-0.39, 0.29) is 17.1 Å². The first kappa shape index (κ1) is 21.9. The smallest absolute Gasteiger partial charge is 0.230 e. The molecule has 158 valence electrons.